The van der Waals surface area contributed by atoms with Crippen molar-refractivity contribution in [1.82, 2.24) is 14.8 Å². The van der Waals surface area contributed by atoms with E-state index in [-0.39, 0.29) is 5.82 Å². The van der Waals surface area contributed by atoms with E-state index in [0.29, 0.717) is 5.92 Å². The van der Waals surface area contributed by atoms with Gasteiger partial charge in [-0.25, -0.2) is 4.39 Å². The summed E-state index contributed by atoms with van der Waals surface area (Å²) < 4.78 is 15.2. The molecule has 1 saturated carbocycles. The fourth-order valence-electron chi connectivity index (χ4n) is 4.54. The summed E-state index contributed by atoms with van der Waals surface area (Å²) in [6, 6.07) is 10.2. The average Bonchev–Trinajstić information content (AvgIpc) is 3.11. The molecule has 4 rings (SSSR count). The van der Waals surface area contributed by atoms with Gasteiger partial charge in [0, 0.05) is 30.6 Å². The summed E-state index contributed by atoms with van der Waals surface area (Å²) in [5, 5.41) is 15.9. The van der Waals surface area contributed by atoms with Gasteiger partial charge in [-0.2, -0.15) is 5.10 Å². The van der Waals surface area contributed by atoms with Crippen molar-refractivity contribution in [1.29, 1.82) is 0 Å². The van der Waals surface area contributed by atoms with E-state index in [1.165, 1.54) is 44.2 Å². The zero-order chi connectivity index (χ0) is 20.2. The number of nitrogens with zero attached hydrogens (tertiary/aromatic N) is 3. The molecule has 0 aliphatic heterocycles. The van der Waals surface area contributed by atoms with Crippen LogP contribution in [0, 0.1) is 11.7 Å². The molecule has 0 radical (unpaired) electrons. The third-order valence-corrected chi connectivity index (χ3v) is 6.07. The molecule has 3 aromatic rings. The predicted octanol–water partition coefficient (Wildman–Crippen LogP) is 5.68. The standard InChI is InChI=1S/C24H28FN3O/c1-28-24(21(29)12-7-17-5-3-2-4-6-17)22(18-13-15-26-16-14-18)23(27-28)19-8-10-20(25)11-9-19/h8-11,13-17,21,29H,2-7,12H2,1H3. The van der Waals surface area contributed by atoms with E-state index in [1.807, 2.05) is 19.2 Å². The van der Waals surface area contributed by atoms with Crippen LogP contribution in [0.25, 0.3) is 22.4 Å². The van der Waals surface area contributed by atoms with Crippen LogP contribution in [0.2, 0.25) is 0 Å². The average molecular weight is 394 g/mol. The number of aromatic nitrogens is 3. The lowest BCUT2D eigenvalue weighted by Gasteiger charge is -2.23. The van der Waals surface area contributed by atoms with Gasteiger partial charge in [0.05, 0.1) is 11.8 Å². The monoisotopic (exact) mass is 393 g/mol. The van der Waals surface area contributed by atoms with Crippen LogP contribution in [-0.2, 0) is 7.05 Å². The van der Waals surface area contributed by atoms with Crippen molar-refractivity contribution in [2.24, 2.45) is 13.0 Å². The van der Waals surface area contributed by atoms with Crippen LogP contribution in [0.15, 0.2) is 48.8 Å². The third-order valence-electron chi connectivity index (χ3n) is 6.07. The van der Waals surface area contributed by atoms with Crippen LogP contribution in [0.1, 0.15) is 56.7 Å². The molecule has 0 amide bonds. The largest absolute Gasteiger partial charge is 0.387 e. The van der Waals surface area contributed by atoms with E-state index in [9.17, 15) is 9.50 Å². The molecular formula is C24H28FN3O. The van der Waals surface area contributed by atoms with E-state index >= 15 is 0 Å². The Morgan fingerprint density at radius 3 is 2.41 bits per heavy atom. The molecule has 0 spiro atoms. The Morgan fingerprint density at radius 2 is 1.72 bits per heavy atom. The number of pyridine rings is 1. The van der Waals surface area contributed by atoms with Crippen molar-refractivity contribution in [2.45, 2.75) is 51.0 Å². The zero-order valence-electron chi connectivity index (χ0n) is 16.9. The Kier molecular flexibility index (Phi) is 6.05. The van der Waals surface area contributed by atoms with Gasteiger partial charge >= 0.3 is 0 Å². The molecule has 1 fully saturated rings. The van der Waals surface area contributed by atoms with Crippen LogP contribution in [-0.4, -0.2) is 19.9 Å². The minimum absolute atomic E-state index is 0.275. The fraction of sp³-hybridized carbons (Fsp3) is 0.417. The Hall–Kier alpha value is -2.53. The van der Waals surface area contributed by atoms with E-state index in [0.717, 1.165) is 40.9 Å². The second kappa shape index (κ2) is 8.87. The van der Waals surface area contributed by atoms with Crippen molar-refractivity contribution in [2.75, 3.05) is 0 Å². The summed E-state index contributed by atoms with van der Waals surface area (Å²) in [5.41, 5.74) is 4.26. The first-order chi connectivity index (χ1) is 14.1. The SMILES string of the molecule is Cn1nc(-c2ccc(F)cc2)c(-c2ccncc2)c1C(O)CCC1CCCCC1. The minimum atomic E-state index is -0.591. The van der Waals surface area contributed by atoms with Gasteiger partial charge in [0.1, 0.15) is 11.5 Å². The molecule has 1 N–H and O–H groups in total. The Balaban J connectivity index is 1.69. The third kappa shape index (κ3) is 4.40. The summed E-state index contributed by atoms with van der Waals surface area (Å²) in [7, 11) is 1.87. The maximum Gasteiger partial charge on any atom is 0.123 e. The first-order valence-electron chi connectivity index (χ1n) is 10.5. The zero-order valence-corrected chi connectivity index (χ0v) is 16.9. The summed E-state index contributed by atoms with van der Waals surface area (Å²) in [6.45, 7) is 0. The van der Waals surface area contributed by atoms with E-state index in [2.05, 4.69) is 4.98 Å². The molecule has 1 unspecified atom stereocenters. The Labute approximate surface area is 171 Å². The first kappa shape index (κ1) is 19.8. The van der Waals surface area contributed by atoms with Crippen molar-refractivity contribution < 1.29 is 9.50 Å². The van der Waals surface area contributed by atoms with Crippen molar-refractivity contribution in [3.63, 3.8) is 0 Å². The normalized spacial score (nSPS) is 16.1. The topological polar surface area (TPSA) is 50.9 Å². The molecule has 1 atom stereocenters. The fourth-order valence-corrected chi connectivity index (χ4v) is 4.54. The number of hydrogen-bond donors (Lipinski definition) is 1. The van der Waals surface area contributed by atoms with Gasteiger partial charge in [-0.05, 0) is 60.7 Å². The Morgan fingerprint density at radius 1 is 1.03 bits per heavy atom. The van der Waals surface area contributed by atoms with Gasteiger partial charge < -0.3 is 5.11 Å². The number of halogens is 1. The highest BCUT2D eigenvalue weighted by atomic mass is 19.1. The van der Waals surface area contributed by atoms with Gasteiger partial charge in [0.2, 0.25) is 0 Å². The van der Waals surface area contributed by atoms with Crippen LogP contribution < -0.4 is 0 Å². The molecule has 0 bridgehead atoms. The highest BCUT2D eigenvalue weighted by Gasteiger charge is 2.25. The molecule has 5 heteroatoms. The number of rotatable bonds is 6. The molecule has 1 aliphatic rings. The van der Waals surface area contributed by atoms with Crippen LogP contribution in [0.4, 0.5) is 4.39 Å². The summed E-state index contributed by atoms with van der Waals surface area (Å²) in [5.74, 6) is 0.440. The maximum absolute atomic E-state index is 13.4. The van der Waals surface area contributed by atoms with Gasteiger partial charge in [-0.3, -0.25) is 9.67 Å². The quantitative estimate of drug-likeness (QED) is 0.586. The molecule has 1 aromatic carbocycles. The molecule has 0 saturated heterocycles. The van der Waals surface area contributed by atoms with Crippen LogP contribution >= 0.6 is 0 Å². The van der Waals surface area contributed by atoms with Crippen molar-refractivity contribution >= 4 is 0 Å². The molecule has 1 aliphatic carbocycles. The van der Waals surface area contributed by atoms with Gasteiger partial charge in [0.25, 0.3) is 0 Å². The Bertz CT molecular complexity index is 931. The number of benzene rings is 1. The number of aliphatic hydroxyl groups is 1. The molecule has 2 heterocycles. The molecule has 29 heavy (non-hydrogen) atoms. The summed E-state index contributed by atoms with van der Waals surface area (Å²) in [4.78, 5) is 4.12. The lowest BCUT2D eigenvalue weighted by Crippen LogP contribution is -2.11. The van der Waals surface area contributed by atoms with Gasteiger partial charge in [0.15, 0.2) is 0 Å². The maximum atomic E-state index is 13.4. The minimum Gasteiger partial charge on any atom is -0.387 e. The lowest BCUT2D eigenvalue weighted by atomic mass is 9.85. The first-order valence-corrected chi connectivity index (χ1v) is 10.5. The molecule has 2 aromatic heterocycles. The van der Waals surface area contributed by atoms with Crippen LogP contribution in [0.3, 0.4) is 0 Å². The summed E-state index contributed by atoms with van der Waals surface area (Å²) >= 11 is 0. The number of hydrogen-bond acceptors (Lipinski definition) is 3. The molecule has 4 nitrogen and oxygen atoms in total. The highest BCUT2D eigenvalue weighted by Crippen LogP contribution is 2.39. The number of aliphatic hydroxyl groups excluding tert-OH is 1. The van der Waals surface area contributed by atoms with E-state index < -0.39 is 6.10 Å². The van der Waals surface area contributed by atoms with Gasteiger partial charge in [-0.15, -0.1) is 0 Å². The second-order valence-electron chi connectivity index (χ2n) is 8.07. The molecule has 152 valence electrons. The lowest BCUT2D eigenvalue weighted by molar-refractivity contribution is 0.143. The highest BCUT2D eigenvalue weighted by molar-refractivity contribution is 5.82. The van der Waals surface area contributed by atoms with Crippen LogP contribution in [0.5, 0.6) is 0 Å². The van der Waals surface area contributed by atoms with E-state index in [1.54, 1.807) is 29.2 Å². The molecular weight excluding hydrogens is 365 g/mol. The number of aryl methyl sites for hydroxylation is 1. The van der Waals surface area contributed by atoms with Crippen molar-refractivity contribution in [3.05, 3.63) is 60.3 Å². The van der Waals surface area contributed by atoms with Gasteiger partial charge in [-0.1, -0.05) is 32.1 Å². The van der Waals surface area contributed by atoms with E-state index in [4.69, 9.17) is 5.10 Å². The van der Waals surface area contributed by atoms with Crippen molar-refractivity contribution in [3.8, 4) is 22.4 Å². The second-order valence-corrected chi connectivity index (χ2v) is 8.07. The predicted molar refractivity (Wildman–Crippen MR) is 113 cm³/mol. The summed E-state index contributed by atoms with van der Waals surface area (Å²) in [6.07, 6.45) is 11.2. The smallest absolute Gasteiger partial charge is 0.123 e.